The highest BCUT2D eigenvalue weighted by atomic mass is 79.9. The van der Waals surface area contributed by atoms with E-state index in [4.69, 9.17) is 4.74 Å². The summed E-state index contributed by atoms with van der Waals surface area (Å²) < 4.78 is 33.2. The zero-order valence-electron chi connectivity index (χ0n) is 10.5. The van der Waals surface area contributed by atoms with Gasteiger partial charge in [0.15, 0.2) is 0 Å². The second kappa shape index (κ2) is 5.78. The number of nitrogens with one attached hydrogen (secondary N) is 1. The lowest BCUT2D eigenvalue weighted by molar-refractivity contribution is 0.0712. The molecule has 2 rings (SSSR count). The first-order chi connectivity index (χ1) is 8.92. The SMILES string of the molecule is CCOc1ccc(Br)cc1S(=O)(=O)NC1CC(O)C1. The number of sulfonamides is 1. The molecular weight excluding hydrogens is 334 g/mol. The number of benzene rings is 1. The maximum atomic E-state index is 12.3. The molecule has 1 aromatic carbocycles. The molecule has 0 spiro atoms. The van der Waals surface area contributed by atoms with Crippen molar-refractivity contribution >= 4 is 26.0 Å². The molecule has 0 amide bonds. The van der Waals surface area contributed by atoms with Crippen molar-refractivity contribution in [3.8, 4) is 5.75 Å². The van der Waals surface area contributed by atoms with Crippen LogP contribution in [0, 0.1) is 0 Å². The van der Waals surface area contributed by atoms with Gasteiger partial charge in [0.25, 0.3) is 0 Å². The van der Waals surface area contributed by atoms with Crippen LogP contribution in [0.4, 0.5) is 0 Å². The van der Waals surface area contributed by atoms with Crippen LogP contribution in [0.15, 0.2) is 27.6 Å². The van der Waals surface area contributed by atoms with Crippen LogP contribution in [0.25, 0.3) is 0 Å². The lowest BCUT2D eigenvalue weighted by atomic mass is 9.91. The molecule has 0 radical (unpaired) electrons. The summed E-state index contributed by atoms with van der Waals surface area (Å²) in [4.78, 5) is 0.116. The molecule has 1 fully saturated rings. The van der Waals surface area contributed by atoms with Crippen molar-refractivity contribution in [3.05, 3.63) is 22.7 Å². The largest absolute Gasteiger partial charge is 0.492 e. The van der Waals surface area contributed by atoms with E-state index in [1.54, 1.807) is 19.1 Å². The Balaban J connectivity index is 2.25. The van der Waals surface area contributed by atoms with Crippen LogP contribution in [-0.4, -0.2) is 32.3 Å². The van der Waals surface area contributed by atoms with E-state index in [-0.39, 0.29) is 10.9 Å². The standard InChI is InChI=1S/C12H16BrNO4S/c1-2-18-11-4-3-8(13)5-12(11)19(16,17)14-9-6-10(15)7-9/h3-5,9-10,14-15H,2,6-7H2,1H3. The fourth-order valence-electron chi connectivity index (χ4n) is 1.93. The van der Waals surface area contributed by atoms with Crippen molar-refractivity contribution in [1.29, 1.82) is 0 Å². The molecule has 0 bridgehead atoms. The minimum atomic E-state index is -3.64. The van der Waals surface area contributed by atoms with Gasteiger partial charge < -0.3 is 9.84 Å². The number of rotatable bonds is 5. The molecule has 0 unspecified atom stereocenters. The zero-order chi connectivity index (χ0) is 14.0. The summed E-state index contributed by atoms with van der Waals surface area (Å²) >= 11 is 3.26. The Kier molecular flexibility index (Phi) is 4.50. The predicted molar refractivity (Wildman–Crippen MR) is 74.7 cm³/mol. The fourth-order valence-corrected chi connectivity index (χ4v) is 3.88. The molecule has 106 valence electrons. The van der Waals surface area contributed by atoms with E-state index in [0.717, 1.165) is 0 Å². The monoisotopic (exact) mass is 349 g/mol. The van der Waals surface area contributed by atoms with Gasteiger partial charge in [0.2, 0.25) is 10.0 Å². The zero-order valence-corrected chi connectivity index (χ0v) is 12.9. The maximum Gasteiger partial charge on any atom is 0.244 e. The first-order valence-corrected chi connectivity index (χ1v) is 8.32. The summed E-state index contributed by atoms with van der Waals surface area (Å²) in [5.41, 5.74) is 0. The molecule has 19 heavy (non-hydrogen) atoms. The van der Waals surface area contributed by atoms with Crippen molar-refractivity contribution in [2.75, 3.05) is 6.61 Å². The molecule has 1 aliphatic rings. The van der Waals surface area contributed by atoms with Gasteiger partial charge in [-0.2, -0.15) is 0 Å². The number of ether oxygens (including phenoxy) is 1. The van der Waals surface area contributed by atoms with Crippen LogP contribution >= 0.6 is 15.9 Å². The number of aliphatic hydroxyl groups excluding tert-OH is 1. The third kappa shape index (κ3) is 3.47. The van der Waals surface area contributed by atoms with Gasteiger partial charge in [-0.05, 0) is 38.0 Å². The second-order valence-electron chi connectivity index (χ2n) is 4.47. The summed E-state index contributed by atoms with van der Waals surface area (Å²) in [6.07, 6.45) is 0.510. The highest BCUT2D eigenvalue weighted by molar-refractivity contribution is 9.10. The lowest BCUT2D eigenvalue weighted by Gasteiger charge is -2.31. The van der Waals surface area contributed by atoms with Crippen molar-refractivity contribution in [1.82, 2.24) is 4.72 Å². The fraction of sp³-hybridized carbons (Fsp3) is 0.500. The Morgan fingerprint density at radius 3 is 2.74 bits per heavy atom. The quantitative estimate of drug-likeness (QED) is 0.847. The first-order valence-electron chi connectivity index (χ1n) is 6.05. The molecule has 1 aliphatic carbocycles. The van der Waals surface area contributed by atoms with E-state index < -0.39 is 16.1 Å². The van der Waals surface area contributed by atoms with Crippen LogP contribution in [-0.2, 0) is 10.0 Å². The smallest absolute Gasteiger partial charge is 0.244 e. The van der Waals surface area contributed by atoms with Gasteiger partial charge in [-0.3, -0.25) is 0 Å². The highest BCUT2D eigenvalue weighted by Crippen LogP contribution is 2.29. The van der Waals surface area contributed by atoms with E-state index in [1.165, 1.54) is 6.07 Å². The molecule has 0 saturated heterocycles. The van der Waals surface area contributed by atoms with Crippen LogP contribution in [0.2, 0.25) is 0 Å². The number of halogens is 1. The average molecular weight is 350 g/mol. The van der Waals surface area contributed by atoms with E-state index in [0.29, 0.717) is 29.7 Å². The highest BCUT2D eigenvalue weighted by Gasteiger charge is 2.32. The number of hydrogen-bond donors (Lipinski definition) is 2. The molecule has 7 heteroatoms. The Morgan fingerprint density at radius 2 is 2.16 bits per heavy atom. The molecule has 0 aromatic heterocycles. The minimum absolute atomic E-state index is 0.116. The van der Waals surface area contributed by atoms with Gasteiger partial charge in [-0.15, -0.1) is 0 Å². The molecule has 5 nitrogen and oxygen atoms in total. The molecule has 1 saturated carbocycles. The normalized spacial score (nSPS) is 22.9. The van der Waals surface area contributed by atoms with E-state index in [2.05, 4.69) is 20.7 Å². The Labute approximate surface area is 121 Å². The first kappa shape index (κ1) is 14.8. The minimum Gasteiger partial charge on any atom is -0.492 e. The Morgan fingerprint density at radius 1 is 1.47 bits per heavy atom. The number of aliphatic hydroxyl groups is 1. The van der Waals surface area contributed by atoms with Crippen molar-refractivity contribution in [2.24, 2.45) is 0 Å². The van der Waals surface area contributed by atoms with Crippen LogP contribution in [0.5, 0.6) is 5.75 Å². The Bertz CT molecular complexity index is 555. The maximum absolute atomic E-state index is 12.3. The van der Waals surface area contributed by atoms with Gasteiger partial charge in [0.05, 0.1) is 12.7 Å². The van der Waals surface area contributed by atoms with Crippen LogP contribution in [0.3, 0.4) is 0 Å². The van der Waals surface area contributed by atoms with Crippen LogP contribution in [0.1, 0.15) is 19.8 Å². The summed E-state index contributed by atoms with van der Waals surface area (Å²) in [5.74, 6) is 0.332. The summed E-state index contributed by atoms with van der Waals surface area (Å²) in [6, 6.07) is 4.67. The van der Waals surface area contributed by atoms with Crippen molar-refractivity contribution < 1.29 is 18.3 Å². The molecule has 0 atom stereocenters. The summed E-state index contributed by atoms with van der Waals surface area (Å²) in [7, 11) is -3.64. The van der Waals surface area contributed by atoms with Gasteiger partial charge in [-0.25, -0.2) is 13.1 Å². The average Bonchev–Trinajstić information content (AvgIpc) is 2.29. The summed E-state index contributed by atoms with van der Waals surface area (Å²) in [6.45, 7) is 2.19. The second-order valence-corrected chi connectivity index (χ2v) is 7.07. The van der Waals surface area contributed by atoms with Crippen molar-refractivity contribution in [2.45, 2.75) is 36.8 Å². The van der Waals surface area contributed by atoms with Gasteiger partial charge in [0.1, 0.15) is 10.6 Å². The Hall–Kier alpha value is -0.630. The number of hydrogen-bond acceptors (Lipinski definition) is 4. The van der Waals surface area contributed by atoms with E-state index >= 15 is 0 Å². The third-order valence-electron chi connectivity index (χ3n) is 2.93. The molecule has 2 N–H and O–H groups in total. The van der Waals surface area contributed by atoms with Crippen molar-refractivity contribution in [3.63, 3.8) is 0 Å². The van der Waals surface area contributed by atoms with Gasteiger partial charge in [0, 0.05) is 10.5 Å². The molecule has 0 heterocycles. The molecule has 1 aromatic rings. The van der Waals surface area contributed by atoms with E-state index in [1.807, 2.05) is 0 Å². The third-order valence-corrected chi connectivity index (χ3v) is 4.97. The molecular formula is C12H16BrNO4S. The van der Waals surface area contributed by atoms with Gasteiger partial charge in [-0.1, -0.05) is 15.9 Å². The predicted octanol–water partition coefficient (Wildman–Crippen LogP) is 1.65. The topological polar surface area (TPSA) is 75.6 Å². The summed E-state index contributed by atoms with van der Waals surface area (Å²) in [5, 5.41) is 9.20. The van der Waals surface area contributed by atoms with Crippen LogP contribution < -0.4 is 9.46 Å². The molecule has 0 aliphatic heterocycles. The lowest BCUT2D eigenvalue weighted by Crippen LogP contribution is -2.46. The van der Waals surface area contributed by atoms with Gasteiger partial charge >= 0.3 is 0 Å². The van der Waals surface area contributed by atoms with E-state index in [9.17, 15) is 13.5 Å².